The molecule has 8 nitrogen and oxygen atoms in total. The number of amides is 1. The van der Waals surface area contributed by atoms with Crippen molar-refractivity contribution in [1.29, 1.82) is 5.26 Å². The molecular formula is C19H22N6O2. The van der Waals surface area contributed by atoms with Crippen molar-refractivity contribution in [2.24, 2.45) is 0 Å². The van der Waals surface area contributed by atoms with Gasteiger partial charge in [0.2, 0.25) is 0 Å². The van der Waals surface area contributed by atoms with E-state index < -0.39 is 5.60 Å². The van der Waals surface area contributed by atoms with E-state index in [9.17, 15) is 4.79 Å². The van der Waals surface area contributed by atoms with E-state index in [1.807, 2.05) is 31.5 Å². The molecule has 0 aromatic carbocycles. The third-order valence-corrected chi connectivity index (χ3v) is 5.10. The van der Waals surface area contributed by atoms with E-state index in [-0.39, 0.29) is 17.3 Å². The van der Waals surface area contributed by atoms with Crippen LogP contribution >= 0.6 is 0 Å². The van der Waals surface area contributed by atoms with Gasteiger partial charge in [-0.3, -0.25) is 4.68 Å². The lowest BCUT2D eigenvalue weighted by atomic mass is 9.76. The normalized spacial score (nSPS) is 17.3. The standard InChI is InChI=1S/C19H22N6O2/c1-18(2,3)27-17(26)24-10-19(11-24)4-5-25-15(19)7-14(23-25)13-6-12(8-20)16(21)22-9-13/h6-7,9H,4-5,10-11H2,1-3H3,(H2,21,22). The van der Waals surface area contributed by atoms with Gasteiger partial charge in [-0.15, -0.1) is 0 Å². The zero-order valence-electron chi connectivity index (χ0n) is 15.7. The summed E-state index contributed by atoms with van der Waals surface area (Å²) in [6.45, 7) is 7.69. The second-order valence-corrected chi connectivity index (χ2v) is 8.27. The predicted octanol–water partition coefficient (Wildman–Crippen LogP) is 2.29. The van der Waals surface area contributed by atoms with E-state index in [1.54, 1.807) is 17.2 Å². The molecule has 2 aliphatic rings. The fraction of sp³-hybridized carbons (Fsp3) is 0.474. The van der Waals surface area contributed by atoms with E-state index in [1.165, 1.54) is 0 Å². The maximum absolute atomic E-state index is 12.3. The lowest BCUT2D eigenvalue weighted by Gasteiger charge is -2.47. The Balaban J connectivity index is 1.55. The van der Waals surface area contributed by atoms with E-state index in [2.05, 4.69) is 16.2 Å². The summed E-state index contributed by atoms with van der Waals surface area (Å²) in [7, 11) is 0. The van der Waals surface area contributed by atoms with Crippen LogP contribution in [0.2, 0.25) is 0 Å². The fourth-order valence-corrected chi connectivity index (χ4v) is 3.77. The van der Waals surface area contributed by atoms with Gasteiger partial charge >= 0.3 is 6.09 Å². The number of pyridine rings is 1. The van der Waals surface area contributed by atoms with E-state index >= 15 is 0 Å². The topological polar surface area (TPSA) is 110 Å². The molecule has 1 amide bonds. The Kier molecular flexibility index (Phi) is 3.67. The third-order valence-electron chi connectivity index (χ3n) is 5.10. The van der Waals surface area contributed by atoms with Crippen molar-refractivity contribution in [2.45, 2.75) is 44.8 Å². The quantitative estimate of drug-likeness (QED) is 0.829. The Labute approximate surface area is 157 Å². The summed E-state index contributed by atoms with van der Waals surface area (Å²) in [5, 5.41) is 13.8. The van der Waals surface area contributed by atoms with Gasteiger partial charge in [-0.1, -0.05) is 0 Å². The number of carbonyl (C=O) groups excluding carboxylic acids is 1. The van der Waals surface area contributed by atoms with Crippen LogP contribution in [0.25, 0.3) is 11.3 Å². The number of rotatable bonds is 1. The van der Waals surface area contributed by atoms with Crippen molar-refractivity contribution >= 4 is 11.9 Å². The first-order valence-corrected chi connectivity index (χ1v) is 8.93. The molecule has 1 spiro atoms. The van der Waals surface area contributed by atoms with Gasteiger partial charge in [0.1, 0.15) is 17.5 Å². The first-order chi connectivity index (χ1) is 12.7. The number of nitrogens with zero attached hydrogens (tertiary/aromatic N) is 5. The molecule has 2 aromatic rings. The van der Waals surface area contributed by atoms with Gasteiger partial charge in [-0.25, -0.2) is 9.78 Å². The van der Waals surface area contributed by atoms with E-state index in [0.29, 0.717) is 18.7 Å². The summed E-state index contributed by atoms with van der Waals surface area (Å²) in [5.41, 5.74) is 8.13. The molecule has 0 saturated carbocycles. The SMILES string of the molecule is CC(C)(C)OC(=O)N1CC2(CCn3nc(-c4cnc(N)c(C#N)c4)cc32)C1. The van der Waals surface area contributed by atoms with Crippen LogP contribution in [0.4, 0.5) is 10.6 Å². The fourth-order valence-electron chi connectivity index (χ4n) is 3.77. The molecule has 1 saturated heterocycles. The second kappa shape index (κ2) is 5.71. The highest BCUT2D eigenvalue weighted by atomic mass is 16.6. The number of nitrogen functional groups attached to an aromatic ring is 1. The van der Waals surface area contributed by atoms with Crippen LogP contribution in [0, 0.1) is 11.3 Å². The number of ether oxygens (including phenoxy) is 1. The molecule has 0 radical (unpaired) electrons. The highest BCUT2D eigenvalue weighted by Crippen LogP contribution is 2.44. The van der Waals surface area contributed by atoms with Crippen LogP contribution in [0.3, 0.4) is 0 Å². The predicted molar refractivity (Wildman–Crippen MR) is 98.7 cm³/mol. The number of anilines is 1. The lowest BCUT2D eigenvalue weighted by Crippen LogP contribution is -2.61. The molecule has 4 rings (SSSR count). The maximum Gasteiger partial charge on any atom is 0.410 e. The first-order valence-electron chi connectivity index (χ1n) is 8.93. The molecule has 4 heterocycles. The van der Waals surface area contributed by atoms with Gasteiger partial charge in [0, 0.05) is 42.5 Å². The van der Waals surface area contributed by atoms with Crippen LogP contribution in [-0.4, -0.2) is 44.4 Å². The summed E-state index contributed by atoms with van der Waals surface area (Å²) in [6.07, 6.45) is 2.32. The molecular weight excluding hydrogens is 344 g/mol. The first kappa shape index (κ1) is 17.3. The van der Waals surface area contributed by atoms with Crippen molar-refractivity contribution in [2.75, 3.05) is 18.8 Å². The lowest BCUT2D eigenvalue weighted by molar-refractivity contribution is -0.00969. The molecule has 27 heavy (non-hydrogen) atoms. The molecule has 2 N–H and O–H groups in total. The number of carbonyl (C=O) groups is 1. The molecule has 0 bridgehead atoms. The minimum Gasteiger partial charge on any atom is -0.444 e. The molecule has 0 atom stereocenters. The number of aromatic nitrogens is 3. The van der Waals surface area contributed by atoms with Crippen molar-refractivity contribution in [1.82, 2.24) is 19.7 Å². The number of nitrogens with two attached hydrogens (primary N) is 1. The molecule has 0 aliphatic carbocycles. The number of nitriles is 1. The number of hydrogen-bond acceptors (Lipinski definition) is 6. The summed E-state index contributed by atoms with van der Waals surface area (Å²) < 4.78 is 7.45. The average Bonchev–Trinajstić information content (AvgIpc) is 3.11. The molecule has 8 heteroatoms. The Morgan fingerprint density at radius 1 is 1.37 bits per heavy atom. The average molecular weight is 366 g/mol. The van der Waals surface area contributed by atoms with Crippen molar-refractivity contribution in [3.63, 3.8) is 0 Å². The number of likely N-dealkylation sites (tertiary alicyclic amines) is 1. The van der Waals surface area contributed by atoms with E-state index in [4.69, 9.17) is 15.7 Å². The van der Waals surface area contributed by atoms with Gasteiger partial charge in [-0.2, -0.15) is 10.4 Å². The molecule has 2 aliphatic heterocycles. The van der Waals surface area contributed by atoms with Crippen LogP contribution < -0.4 is 5.73 Å². The summed E-state index contributed by atoms with van der Waals surface area (Å²) >= 11 is 0. The third kappa shape index (κ3) is 2.89. The Morgan fingerprint density at radius 3 is 2.78 bits per heavy atom. The van der Waals surface area contributed by atoms with Crippen molar-refractivity contribution in [3.8, 4) is 17.3 Å². The Bertz CT molecular complexity index is 960. The molecule has 0 unspecified atom stereocenters. The minimum atomic E-state index is -0.495. The van der Waals surface area contributed by atoms with Crippen molar-refractivity contribution < 1.29 is 9.53 Å². The molecule has 1 fully saturated rings. The maximum atomic E-state index is 12.3. The van der Waals surface area contributed by atoms with E-state index in [0.717, 1.165) is 29.9 Å². The summed E-state index contributed by atoms with van der Waals surface area (Å²) in [4.78, 5) is 18.1. The molecule has 140 valence electrons. The zero-order valence-corrected chi connectivity index (χ0v) is 15.7. The van der Waals surface area contributed by atoms with Crippen LogP contribution in [-0.2, 0) is 16.7 Å². The Hall–Kier alpha value is -3.08. The molecule has 2 aromatic heterocycles. The number of aryl methyl sites for hydroxylation is 1. The van der Waals surface area contributed by atoms with Gasteiger partial charge in [0.15, 0.2) is 0 Å². The number of fused-ring (bicyclic) bond motifs is 2. The van der Waals surface area contributed by atoms with Gasteiger partial charge < -0.3 is 15.4 Å². The smallest absolute Gasteiger partial charge is 0.410 e. The largest absolute Gasteiger partial charge is 0.444 e. The second-order valence-electron chi connectivity index (χ2n) is 8.27. The highest BCUT2D eigenvalue weighted by Gasteiger charge is 2.52. The van der Waals surface area contributed by atoms with Gasteiger partial charge in [-0.05, 0) is 39.3 Å². The van der Waals surface area contributed by atoms with Crippen LogP contribution in [0.5, 0.6) is 0 Å². The summed E-state index contributed by atoms with van der Waals surface area (Å²) in [6, 6.07) is 5.79. The monoisotopic (exact) mass is 366 g/mol. The number of hydrogen-bond donors (Lipinski definition) is 1. The Morgan fingerprint density at radius 2 is 2.11 bits per heavy atom. The van der Waals surface area contributed by atoms with Crippen molar-refractivity contribution in [3.05, 3.63) is 29.6 Å². The van der Waals surface area contributed by atoms with Crippen LogP contribution in [0.15, 0.2) is 18.3 Å². The highest BCUT2D eigenvalue weighted by molar-refractivity contribution is 5.71. The van der Waals surface area contributed by atoms with Gasteiger partial charge in [0.05, 0.1) is 11.3 Å². The van der Waals surface area contributed by atoms with Gasteiger partial charge in [0.25, 0.3) is 0 Å². The summed E-state index contributed by atoms with van der Waals surface area (Å²) in [5.74, 6) is 0.219. The van der Waals surface area contributed by atoms with Crippen LogP contribution in [0.1, 0.15) is 38.4 Å². The minimum absolute atomic E-state index is 0.0680. The zero-order chi connectivity index (χ0) is 19.4.